The van der Waals surface area contributed by atoms with Crippen molar-refractivity contribution in [2.45, 2.75) is 76.9 Å². The van der Waals surface area contributed by atoms with Crippen molar-refractivity contribution in [1.29, 1.82) is 0 Å². The van der Waals surface area contributed by atoms with E-state index in [-0.39, 0.29) is 10.8 Å². The average molecular weight is 393 g/mol. The molecule has 4 aliphatic carbocycles. The van der Waals surface area contributed by atoms with E-state index in [0.717, 1.165) is 56.5 Å². The summed E-state index contributed by atoms with van der Waals surface area (Å²) in [4.78, 5) is 12.6. The molecule has 0 aromatic carbocycles. The molecular weight excluding hydrogens is 356 g/mol. The molecule has 4 nitrogen and oxygen atoms in total. The predicted molar refractivity (Wildman–Crippen MR) is 111 cm³/mol. The van der Waals surface area contributed by atoms with Crippen molar-refractivity contribution in [2.24, 2.45) is 45.4 Å². The van der Waals surface area contributed by atoms with Crippen LogP contribution in [0.2, 0.25) is 0 Å². The van der Waals surface area contributed by atoms with Crippen molar-refractivity contribution in [2.75, 3.05) is 12.3 Å². The fourth-order valence-electron chi connectivity index (χ4n) is 7.40. The molecule has 1 unspecified atom stereocenters. The summed E-state index contributed by atoms with van der Waals surface area (Å²) in [6, 6.07) is 0. The van der Waals surface area contributed by atoms with E-state index in [1.165, 1.54) is 19.3 Å². The molecule has 4 saturated carbocycles. The summed E-state index contributed by atoms with van der Waals surface area (Å²) in [5.41, 5.74) is 6.82. The SMILES string of the molecule is C[C@]12CC[C@@H](SCCCN)CC1/C(=N/O)C[C@@H]1[C@@H]2CC[C@]2(C)C(=O)CC[C@@H]12. The van der Waals surface area contributed by atoms with Gasteiger partial charge in [-0.2, -0.15) is 11.8 Å². The molecule has 0 aromatic rings. The Morgan fingerprint density at radius 1 is 1.22 bits per heavy atom. The van der Waals surface area contributed by atoms with Crippen LogP contribution in [0.1, 0.15) is 71.6 Å². The minimum Gasteiger partial charge on any atom is -0.411 e. The number of oxime groups is 1. The standard InChI is InChI=1S/C22H36N2O2S/c1-21-8-6-14(27-11-3-10-23)12-18(21)19(24-26)13-15-16-4-5-20(25)22(16,2)9-7-17(15)21/h14-18,26H,3-13,23H2,1-2H3/b24-19+/t14-,15+,16+,17+,18?,21-,22+/m1/s1. The molecule has 0 saturated heterocycles. The van der Waals surface area contributed by atoms with Crippen LogP contribution in [0, 0.1) is 34.5 Å². The zero-order valence-corrected chi connectivity index (χ0v) is 17.8. The summed E-state index contributed by atoms with van der Waals surface area (Å²) < 4.78 is 0. The van der Waals surface area contributed by atoms with Crippen molar-refractivity contribution >= 4 is 23.3 Å². The second kappa shape index (κ2) is 7.37. The number of hydrogen-bond donors (Lipinski definition) is 2. The molecular formula is C22H36N2O2S. The predicted octanol–water partition coefficient (Wildman–Crippen LogP) is 4.49. The number of carbonyl (C=O) groups excluding carboxylic acids is 1. The van der Waals surface area contributed by atoms with E-state index in [9.17, 15) is 10.0 Å². The number of rotatable bonds is 4. The fraction of sp³-hybridized carbons (Fsp3) is 0.909. The van der Waals surface area contributed by atoms with E-state index in [4.69, 9.17) is 5.73 Å². The molecule has 7 atom stereocenters. The van der Waals surface area contributed by atoms with Crippen LogP contribution in [-0.4, -0.2) is 34.2 Å². The van der Waals surface area contributed by atoms with Gasteiger partial charge in [0.25, 0.3) is 0 Å². The molecule has 0 aliphatic heterocycles. The Bertz CT molecular complexity index is 623. The van der Waals surface area contributed by atoms with Crippen LogP contribution in [0.4, 0.5) is 0 Å². The summed E-state index contributed by atoms with van der Waals surface area (Å²) in [6.45, 7) is 5.46. The first kappa shape index (κ1) is 19.8. The lowest BCUT2D eigenvalue weighted by Gasteiger charge is -2.60. The number of hydrogen-bond acceptors (Lipinski definition) is 5. The quantitative estimate of drug-likeness (QED) is 0.420. The largest absolute Gasteiger partial charge is 0.411 e. The highest BCUT2D eigenvalue weighted by Crippen LogP contribution is 2.65. The second-order valence-electron chi connectivity index (χ2n) is 10.1. The Morgan fingerprint density at radius 2 is 2.04 bits per heavy atom. The van der Waals surface area contributed by atoms with Crippen molar-refractivity contribution < 1.29 is 10.0 Å². The van der Waals surface area contributed by atoms with Crippen molar-refractivity contribution in [3.05, 3.63) is 0 Å². The monoisotopic (exact) mass is 392 g/mol. The Hall–Kier alpha value is -0.550. The van der Waals surface area contributed by atoms with Crippen LogP contribution in [-0.2, 0) is 4.79 Å². The topological polar surface area (TPSA) is 75.7 Å². The third-order valence-electron chi connectivity index (χ3n) is 8.97. The van der Waals surface area contributed by atoms with Gasteiger partial charge in [-0.15, -0.1) is 0 Å². The molecule has 0 spiro atoms. The molecule has 27 heavy (non-hydrogen) atoms. The lowest BCUT2D eigenvalue weighted by Crippen LogP contribution is -2.56. The summed E-state index contributed by atoms with van der Waals surface area (Å²) in [5.74, 6) is 3.76. The highest BCUT2D eigenvalue weighted by atomic mass is 32.2. The zero-order valence-electron chi connectivity index (χ0n) is 17.0. The van der Waals surface area contributed by atoms with Gasteiger partial charge in [-0.25, -0.2) is 0 Å². The van der Waals surface area contributed by atoms with Crippen molar-refractivity contribution in [1.82, 2.24) is 0 Å². The summed E-state index contributed by atoms with van der Waals surface area (Å²) >= 11 is 2.07. The maximum Gasteiger partial charge on any atom is 0.139 e. The van der Waals surface area contributed by atoms with Gasteiger partial charge in [-0.05, 0) is 86.8 Å². The molecule has 0 radical (unpaired) electrons. The van der Waals surface area contributed by atoms with Gasteiger partial charge in [0.05, 0.1) is 5.71 Å². The Balaban J connectivity index is 1.57. The molecule has 3 N–H and O–H groups in total. The number of ketones is 1. The molecule has 4 aliphatic rings. The van der Waals surface area contributed by atoms with Gasteiger partial charge < -0.3 is 10.9 Å². The van der Waals surface area contributed by atoms with E-state index in [1.807, 2.05) is 0 Å². The molecule has 0 aromatic heterocycles. The minimum atomic E-state index is -0.111. The Morgan fingerprint density at radius 3 is 2.78 bits per heavy atom. The number of Topliss-reactive ketones (excluding diaryl/α,β-unsaturated/α-hetero) is 1. The van der Waals surface area contributed by atoms with Crippen LogP contribution >= 0.6 is 11.8 Å². The van der Waals surface area contributed by atoms with Crippen molar-refractivity contribution in [3.8, 4) is 0 Å². The lowest BCUT2D eigenvalue weighted by atomic mass is 9.45. The van der Waals surface area contributed by atoms with Gasteiger partial charge in [-0.3, -0.25) is 4.79 Å². The number of nitrogens with two attached hydrogens (primary N) is 1. The highest BCUT2D eigenvalue weighted by molar-refractivity contribution is 7.99. The molecule has 152 valence electrons. The zero-order chi connectivity index (χ0) is 19.2. The first-order valence-corrected chi connectivity index (χ1v) is 12.0. The van der Waals surface area contributed by atoms with Crippen LogP contribution in [0.25, 0.3) is 0 Å². The third kappa shape index (κ3) is 3.08. The first-order chi connectivity index (χ1) is 12.9. The molecule has 0 amide bonds. The highest BCUT2D eigenvalue weighted by Gasteiger charge is 2.61. The van der Waals surface area contributed by atoms with Crippen LogP contribution < -0.4 is 5.73 Å². The van der Waals surface area contributed by atoms with Gasteiger partial charge in [0.15, 0.2) is 0 Å². The van der Waals surface area contributed by atoms with Gasteiger partial charge in [0.1, 0.15) is 5.78 Å². The van der Waals surface area contributed by atoms with Crippen molar-refractivity contribution in [3.63, 3.8) is 0 Å². The van der Waals surface area contributed by atoms with E-state index in [1.54, 1.807) is 0 Å². The van der Waals surface area contributed by atoms with E-state index >= 15 is 0 Å². The Labute approximate surface area is 168 Å². The number of fused-ring (bicyclic) bond motifs is 5. The number of carbonyl (C=O) groups is 1. The lowest BCUT2D eigenvalue weighted by molar-refractivity contribution is -0.133. The average Bonchev–Trinajstić information content (AvgIpc) is 2.96. The maximum absolute atomic E-state index is 12.6. The second-order valence-corrected chi connectivity index (χ2v) is 11.5. The van der Waals surface area contributed by atoms with E-state index in [2.05, 4.69) is 30.8 Å². The molecule has 5 heteroatoms. The fourth-order valence-corrected chi connectivity index (χ4v) is 8.68. The van der Waals surface area contributed by atoms with E-state index < -0.39 is 0 Å². The van der Waals surface area contributed by atoms with Gasteiger partial charge in [0.2, 0.25) is 0 Å². The minimum absolute atomic E-state index is 0.111. The third-order valence-corrected chi connectivity index (χ3v) is 10.4. The molecule has 4 fully saturated rings. The van der Waals surface area contributed by atoms with E-state index in [0.29, 0.717) is 34.7 Å². The normalized spacial score (nSPS) is 48.2. The molecule has 0 bridgehead atoms. The Kier molecular flexibility index (Phi) is 5.39. The van der Waals surface area contributed by atoms with Crippen LogP contribution in [0.5, 0.6) is 0 Å². The smallest absolute Gasteiger partial charge is 0.139 e. The molecule has 4 rings (SSSR count). The van der Waals surface area contributed by atoms with Gasteiger partial charge >= 0.3 is 0 Å². The first-order valence-electron chi connectivity index (χ1n) is 11.0. The summed E-state index contributed by atoms with van der Waals surface area (Å²) in [6.07, 6.45) is 9.71. The van der Waals surface area contributed by atoms with Gasteiger partial charge in [0, 0.05) is 23.0 Å². The van der Waals surface area contributed by atoms with Crippen LogP contribution in [0.3, 0.4) is 0 Å². The summed E-state index contributed by atoms with van der Waals surface area (Å²) in [5, 5.41) is 14.4. The number of thioether (sulfide) groups is 1. The number of nitrogens with zero attached hydrogens (tertiary/aromatic N) is 1. The summed E-state index contributed by atoms with van der Waals surface area (Å²) in [7, 11) is 0. The molecule has 0 heterocycles. The maximum atomic E-state index is 12.6. The van der Waals surface area contributed by atoms with Crippen LogP contribution in [0.15, 0.2) is 5.16 Å². The van der Waals surface area contributed by atoms with Gasteiger partial charge in [-0.1, -0.05) is 19.0 Å².